The molecule has 0 fully saturated rings. The van der Waals surface area contributed by atoms with Crippen molar-refractivity contribution < 1.29 is 0 Å². The number of aromatic nitrogens is 2. The van der Waals surface area contributed by atoms with Gasteiger partial charge in [-0.2, -0.15) is 0 Å². The molecule has 0 aliphatic rings. The van der Waals surface area contributed by atoms with E-state index < -0.39 is 0 Å². The zero-order chi connectivity index (χ0) is 16.4. The van der Waals surface area contributed by atoms with Crippen LogP contribution in [0.3, 0.4) is 0 Å². The smallest absolute Gasteiger partial charge is 0.261 e. The molecule has 0 aliphatic heterocycles. The Hall–Kier alpha value is -2.18. The number of aryl methyl sites for hydroxylation is 1. The highest BCUT2D eigenvalue weighted by atomic mass is 32.1. The summed E-state index contributed by atoms with van der Waals surface area (Å²) >= 11 is 1.56. The molecule has 6 heteroatoms. The Morgan fingerprint density at radius 2 is 2.00 bits per heavy atom. The summed E-state index contributed by atoms with van der Waals surface area (Å²) in [6, 6.07) is 10.1. The van der Waals surface area contributed by atoms with Gasteiger partial charge in [-0.15, -0.1) is 11.3 Å². The highest BCUT2D eigenvalue weighted by Crippen LogP contribution is 2.35. The fraction of sp³-hybridized carbons (Fsp3) is 0.294. The van der Waals surface area contributed by atoms with E-state index in [9.17, 15) is 4.79 Å². The van der Waals surface area contributed by atoms with Gasteiger partial charge in [-0.25, -0.2) is 4.98 Å². The standard InChI is InChI=1S/C17H20N4OS/c1-11-13-15(22)19-17(18-9-10-21(2)3)20-16(13)23-14(11)12-7-5-4-6-8-12/h4-8H,9-10H2,1-3H3,(H2,18,19,20,22). The van der Waals surface area contributed by atoms with Crippen molar-refractivity contribution in [2.75, 3.05) is 32.5 Å². The molecule has 0 saturated carbocycles. The van der Waals surface area contributed by atoms with Crippen LogP contribution in [0.4, 0.5) is 5.95 Å². The van der Waals surface area contributed by atoms with Gasteiger partial charge in [0.1, 0.15) is 4.83 Å². The zero-order valence-corrected chi connectivity index (χ0v) is 14.3. The number of thiophene rings is 1. The van der Waals surface area contributed by atoms with Crippen molar-refractivity contribution in [1.82, 2.24) is 14.9 Å². The van der Waals surface area contributed by atoms with Crippen molar-refractivity contribution in [3.63, 3.8) is 0 Å². The molecule has 3 rings (SSSR count). The molecule has 0 atom stereocenters. The van der Waals surface area contributed by atoms with E-state index in [1.807, 2.05) is 39.2 Å². The predicted octanol–water partition coefficient (Wildman–Crippen LogP) is 2.93. The summed E-state index contributed by atoms with van der Waals surface area (Å²) < 4.78 is 0. The van der Waals surface area contributed by atoms with Gasteiger partial charge < -0.3 is 10.2 Å². The number of benzene rings is 1. The monoisotopic (exact) mass is 328 g/mol. The second-order valence-electron chi connectivity index (χ2n) is 5.75. The Morgan fingerprint density at radius 1 is 1.26 bits per heavy atom. The summed E-state index contributed by atoms with van der Waals surface area (Å²) in [4.78, 5) is 23.8. The minimum Gasteiger partial charge on any atom is -0.354 e. The van der Waals surface area contributed by atoms with Crippen molar-refractivity contribution in [3.05, 3.63) is 46.2 Å². The summed E-state index contributed by atoms with van der Waals surface area (Å²) in [6.07, 6.45) is 0. The maximum atomic E-state index is 12.4. The summed E-state index contributed by atoms with van der Waals surface area (Å²) in [7, 11) is 4.02. The van der Waals surface area contributed by atoms with E-state index in [2.05, 4.69) is 32.3 Å². The van der Waals surface area contributed by atoms with E-state index in [-0.39, 0.29) is 5.56 Å². The minimum absolute atomic E-state index is 0.0849. The molecule has 0 unspecified atom stereocenters. The number of rotatable bonds is 5. The summed E-state index contributed by atoms with van der Waals surface area (Å²) in [5, 5.41) is 3.86. The van der Waals surface area contributed by atoms with Crippen LogP contribution in [0, 0.1) is 6.92 Å². The lowest BCUT2D eigenvalue weighted by Gasteiger charge is -2.10. The summed E-state index contributed by atoms with van der Waals surface area (Å²) in [5.74, 6) is 0.533. The van der Waals surface area contributed by atoms with Crippen LogP contribution in [0.5, 0.6) is 0 Å². The topological polar surface area (TPSA) is 61.0 Å². The molecule has 3 aromatic rings. The Labute approximate surface area is 139 Å². The van der Waals surface area contributed by atoms with E-state index in [0.717, 1.165) is 33.9 Å². The molecular weight excluding hydrogens is 308 g/mol. The molecule has 120 valence electrons. The molecule has 5 nitrogen and oxygen atoms in total. The van der Waals surface area contributed by atoms with Gasteiger partial charge in [0.05, 0.1) is 5.39 Å². The number of nitrogens with zero attached hydrogens (tertiary/aromatic N) is 2. The van der Waals surface area contributed by atoms with E-state index >= 15 is 0 Å². The van der Waals surface area contributed by atoms with Crippen molar-refractivity contribution in [1.29, 1.82) is 0 Å². The number of anilines is 1. The zero-order valence-electron chi connectivity index (χ0n) is 13.5. The third-order valence-corrected chi connectivity index (χ3v) is 4.92. The lowest BCUT2D eigenvalue weighted by molar-refractivity contribution is 0.425. The van der Waals surface area contributed by atoms with Gasteiger partial charge in [0.2, 0.25) is 5.95 Å². The van der Waals surface area contributed by atoms with Crippen molar-refractivity contribution in [3.8, 4) is 10.4 Å². The quantitative estimate of drug-likeness (QED) is 0.756. The first-order valence-electron chi connectivity index (χ1n) is 7.53. The van der Waals surface area contributed by atoms with Gasteiger partial charge in [0.15, 0.2) is 0 Å². The van der Waals surface area contributed by atoms with Crippen molar-refractivity contribution in [2.24, 2.45) is 0 Å². The first-order valence-corrected chi connectivity index (χ1v) is 8.35. The lowest BCUT2D eigenvalue weighted by atomic mass is 10.1. The second-order valence-corrected chi connectivity index (χ2v) is 6.75. The number of likely N-dealkylation sites (N-methyl/N-ethyl adjacent to an activating group) is 1. The van der Waals surface area contributed by atoms with Gasteiger partial charge in [-0.1, -0.05) is 30.3 Å². The van der Waals surface area contributed by atoms with Gasteiger partial charge in [-0.3, -0.25) is 9.78 Å². The number of hydrogen-bond acceptors (Lipinski definition) is 5. The first kappa shape index (κ1) is 15.7. The predicted molar refractivity (Wildman–Crippen MR) is 97.5 cm³/mol. The van der Waals surface area contributed by atoms with Crippen LogP contribution < -0.4 is 10.9 Å². The van der Waals surface area contributed by atoms with Crippen LogP contribution in [0.2, 0.25) is 0 Å². The van der Waals surface area contributed by atoms with Gasteiger partial charge in [0, 0.05) is 18.0 Å². The van der Waals surface area contributed by atoms with Gasteiger partial charge in [0.25, 0.3) is 5.56 Å². The third-order valence-electron chi connectivity index (χ3n) is 3.69. The van der Waals surface area contributed by atoms with Crippen LogP contribution in [0.25, 0.3) is 20.7 Å². The van der Waals surface area contributed by atoms with Crippen LogP contribution in [-0.2, 0) is 0 Å². The molecule has 0 saturated heterocycles. The number of H-pyrrole nitrogens is 1. The fourth-order valence-corrected chi connectivity index (χ4v) is 3.68. The molecule has 0 amide bonds. The highest BCUT2D eigenvalue weighted by molar-refractivity contribution is 7.22. The molecule has 2 aromatic heterocycles. The highest BCUT2D eigenvalue weighted by Gasteiger charge is 2.15. The average Bonchev–Trinajstić information content (AvgIpc) is 2.85. The third kappa shape index (κ3) is 3.28. The molecule has 2 N–H and O–H groups in total. The largest absolute Gasteiger partial charge is 0.354 e. The molecule has 1 aromatic carbocycles. The first-order chi connectivity index (χ1) is 11.1. The number of aromatic amines is 1. The molecule has 0 aliphatic carbocycles. The SMILES string of the molecule is Cc1c(-c2ccccc2)sc2nc(NCCN(C)C)[nH]c(=O)c12. The van der Waals surface area contributed by atoms with Gasteiger partial charge >= 0.3 is 0 Å². The average molecular weight is 328 g/mol. The summed E-state index contributed by atoms with van der Waals surface area (Å²) in [5.41, 5.74) is 2.03. The molecular formula is C17H20N4OS. The van der Waals surface area contributed by atoms with Crippen LogP contribution in [0.1, 0.15) is 5.56 Å². The number of fused-ring (bicyclic) bond motifs is 1. The fourth-order valence-electron chi connectivity index (χ4n) is 2.49. The molecule has 0 bridgehead atoms. The normalized spacial score (nSPS) is 11.3. The molecule has 23 heavy (non-hydrogen) atoms. The van der Waals surface area contributed by atoms with Crippen LogP contribution in [-0.4, -0.2) is 42.1 Å². The lowest BCUT2D eigenvalue weighted by Crippen LogP contribution is -2.22. The van der Waals surface area contributed by atoms with E-state index in [1.54, 1.807) is 11.3 Å². The Balaban J connectivity index is 2.00. The minimum atomic E-state index is -0.0849. The molecule has 0 radical (unpaired) electrons. The number of hydrogen-bond donors (Lipinski definition) is 2. The van der Waals surface area contributed by atoms with Crippen LogP contribution in [0.15, 0.2) is 35.1 Å². The Morgan fingerprint density at radius 3 is 2.70 bits per heavy atom. The summed E-state index contributed by atoms with van der Waals surface area (Å²) in [6.45, 7) is 3.59. The van der Waals surface area contributed by atoms with E-state index in [0.29, 0.717) is 11.3 Å². The maximum Gasteiger partial charge on any atom is 0.261 e. The van der Waals surface area contributed by atoms with Crippen molar-refractivity contribution >= 4 is 27.5 Å². The maximum absolute atomic E-state index is 12.4. The van der Waals surface area contributed by atoms with Crippen molar-refractivity contribution in [2.45, 2.75) is 6.92 Å². The Bertz CT molecular complexity index is 867. The molecule has 2 heterocycles. The molecule has 0 spiro atoms. The number of nitrogens with one attached hydrogen (secondary N) is 2. The Kier molecular flexibility index (Phi) is 4.45. The van der Waals surface area contributed by atoms with E-state index in [1.165, 1.54) is 0 Å². The van der Waals surface area contributed by atoms with E-state index in [4.69, 9.17) is 0 Å². The van der Waals surface area contributed by atoms with Crippen LogP contribution >= 0.6 is 11.3 Å². The second kappa shape index (κ2) is 6.52. The van der Waals surface area contributed by atoms with Gasteiger partial charge in [-0.05, 0) is 32.1 Å².